The van der Waals surface area contributed by atoms with E-state index in [-0.39, 0.29) is 17.6 Å². The van der Waals surface area contributed by atoms with Crippen molar-refractivity contribution in [2.24, 2.45) is 7.05 Å². The average Bonchev–Trinajstić information content (AvgIpc) is 3.07. The molecule has 0 radical (unpaired) electrons. The molecule has 1 saturated heterocycles. The van der Waals surface area contributed by atoms with Gasteiger partial charge in [-0.3, -0.25) is 15.0 Å². The zero-order chi connectivity index (χ0) is 21.7. The third kappa shape index (κ3) is 4.93. The summed E-state index contributed by atoms with van der Waals surface area (Å²) >= 11 is 0. The minimum absolute atomic E-state index is 0.0778. The number of likely N-dealkylation sites (tertiary alicyclic amines) is 1. The van der Waals surface area contributed by atoms with Crippen LogP contribution in [0.3, 0.4) is 0 Å². The lowest BCUT2D eigenvalue weighted by Gasteiger charge is -2.32. The summed E-state index contributed by atoms with van der Waals surface area (Å²) in [4.78, 5) is 33.7. The second kappa shape index (κ2) is 9.66. The first-order chi connectivity index (χ1) is 14.4. The Kier molecular flexibility index (Phi) is 6.99. The highest BCUT2D eigenvalue weighted by Crippen LogP contribution is 2.30. The molecule has 0 saturated carbocycles. The highest BCUT2D eigenvalue weighted by atomic mass is 19.1. The normalized spacial score (nSPS) is 15.1. The zero-order valence-electron chi connectivity index (χ0n) is 17.5. The third-order valence-electron chi connectivity index (χ3n) is 5.40. The van der Waals surface area contributed by atoms with E-state index in [1.54, 1.807) is 18.3 Å². The van der Waals surface area contributed by atoms with Gasteiger partial charge in [0.25, 0.3) is 5.91 Å². The van der Waals surface area contributed by atoms with E-state index in [9.17, 15) is 14.0 Å². The number of rotatable bonds is 6. The molecule has 10 heteroatoms. The number of carbonyl (C=O) groups is 2. The van der Waals surface area contributed by atoms with Crippen molar-refractivity contribution in [1.29, 1.82) is 0 Å². The maximum absolute atomic E-state index is 14.4. The molecule has 2 aromatic rings. The van der Waals surface area contributed by atoms with Crippen LogP contribution in [0.4, 0.5) is 15.1 Å². The van der Waals surface area contributed by atoms with Crippen LogP contribution in [-0.4, -0.2) is 58.1 Å². The van der Waals surface area contributed by atoms with Gasteiger partial charge in [0.05, 0.1) is 11.9 Å². The van der Waals surface area contributed by atoms with Gasteiger partial charge in [-0.05, 0) is 44.8 Å². The zero-order valence-corrected chi connectivity index (χ0v) is 17.5. The summed E-state index contributed by atoms with van der Waals surface area (Å²) in [6, 6.07) is 2.97. The van der Waals surface area contributed by atoms with E-state index in [1.165, 1.54) is 7.05 Å². The van der Waals surface area contributed by atoms with E-state index < -0.39 is 11.9 Å². The summed E-state index contributed by atoms with van der Waals surface area (Å²) in [6.45, 7) is 4.72. The minimum atomic E-state index is -0.567. The number of aromatic nitrogens is 3. The Hall–Kier alpha value is -3.01. The fourth-order valence-electron chi connectivity index (χ4n) is 3.65. The second-order valence-electron chi connectivity index (χ2n) is 7.32. The summed E-state index contributed by atoms with van der Waals surface area (Å²) in [7, 11) is 3.36. The summed E-state index contributed by atoms with van der Waals surface area (Å²) in [6.07, 6.45) is 3.37. The number of nitrogens with one attached hydrogen (secondary N) is 3. The summed E-state index contributed by atoms with van der Waals surface area (Å²) in [5.41, 5.74) is 1.64. The van der Waals surface area contributed by atoms with Crippen LogP contribution < -0.4 is 16.0 Å². The van der Waals surface area contributed by atoms with E-state index in [0.29, 0.717) is 24.6 Å². The lowest BCUT2D eigenvalue weighted by atomic mass is 9.90. The Morgan fingerprint density at radius 3 is 2.63 bits per heavy atom. The van der Waals surface area contributed by atoms with Crippen LogP contribution in [0.1, 0.15) is 47.4 Å². The molecule has 3 N–H and O–H groups in total. The molecule has 3 amide bonds. The molecule has 0 atom stereocenters. The van der Waals surface area contributed by atoms with E-state index in [0.717, 1.165) is 31.6 Å². The molecular formula is C20H28FN7O2. The number of pyridine rings is 1. The van der Waals surface area contributed by atoms with E-state index in [4.69, 9.17) is 0 Å². The molecule has 3 heterocycles. The molecule has 0 aromatic carbocycles. The molecule has 2 aromatic heterocycles. The molecule has 9 nitrogen and oxygen atoms in total. The number of imidazole rings is 1. The molecule has 1 aliphatic rings. The van der Waals surface area contributed by atoms with Crippen molar-refractivity contribution in [2.45, 2.75) is 32.2 Å². The molecule has 0 spiro atoms. The predicted molar refractivity (Wildman–Crippen MR) is 111 cm³/mol. The number of halogens is 1. The highest BCUT2D eigenvalue weighted by Gasteiger charge is 2.25. The number of hydrogen-bond donors (Lipinski definition) is 3. The van der Waals surface area contributed by atoms with Gasteiger partial charge in [0, 0.05) is 32.7 Å². The Morgan fingerprint density at radius 2 is 2.00 bits per heavy atom. The Labute approximate surface area is 175 Å². The number of urea groups is 1. The van der Waals surface area contributed by atoms with Gasteiger partial charge in [-0.1, -0.05) is 6.07 Å². The number of carbonyl (C=O) groups excluding carboxylic acids is 2. The quantitative estimate of drug-likeness (QED) is 0.622. The molecule has 1 fully saturated rings. The number of hydrogen-bond acceptors (Lipinski definition) is 5. The summed E-state index contributed by atoms with van der Waals surface area (Å²) in [5.74, 6) is -0.390. The molecule has 0 unspecified atom stereocenters. The first kappa shape index (κ1) is 21.7. The van der Waals surface area contributed by atoms with Crippen molar-refractivity contribution >= 4 is 17.9 Å². The fraction of sp³-hybridized carbons (Fsp3) is 0.500. The van der Waals surface area contributed by atoms with Gasteiger partial charge in [-0.15, -0.1) is 0 Å². The monoisotopic (exact) mass is 417 g/mol. The number of amides is 3. The van der Waals surface area contributed by atoms with Gasteiger partial charge < -0.3 is 15.2 Å². The van der Waals surface area contributed by atoms with Gasteiger partial charge in [-0.25, -0.2) is 14.8 Å². The van der Waals surface area contributed by atoms with Gasteiger partial charge in [-0.2, -0.15) is 4.39 Å². The number of nitrogens with zero attached hydrogens (tertiary/aromatic N) is 4. The van der Waals surface area contributed by atoms with Crippen molar-refractivity contribution in [1.82, 2.24) is 30.1 Å². The molecular weight excluding hydrogens is 389 g/mol. The first-order valence-electron chi connectivity index (χ1n) is 10.1. The lowest BCUT2D eigenvalue weighted by molar-refractivity contribution is 0.0956. The van der Waals surface area contributed by atoms with Gasteiger partial charge in [0.15, 0.2) is 0 Å². The first-order valence-corrected chi connectivity index (χ1v) is 10.1. The Balaban J connectivity index is 1.57. The lowest BCUT2D eigenvalue weighted by Crippen LogP contribution is -2.33. The molecule has 0 bridgehead atoms. The van der Waals surface area contributed by atoms with Crippen molar-refractivity contribution < 1.29 is 14.0 Å². The number of piperidine rings is 1. The van der Waals surface area contributed by atoms with E-state index in [1.807, 2.05) is 18.5 Å². The largest absolute Gasteiger partial charge is 0.354 e. The van der Waals surface area contributed by atoms with Crippen molar-refractivity contribution in [3.8, 4) is 0 Å². The summed E-state index contributed by atoms with van der Waals surface area (Å²) < 4.78 is 16.3. The topological polar surface area (TPSA) is 104 Å². The van der Waals surface area contributed by atoms with Crippen molar-refractivity contribution in [2.75, 3.05) is 32.0 Å². The molecule has 0 aliphatic carbocycles. The van der Waals surface area contributed by atoms with E-state index in [2.05, 4.69) is 30.8 Å². The molecule has 30 heavy (non-hydrogen) atoms. The average molecular weight is 417 g/mol. The number of anilines is 1. The maximum Gasteiger partial charge on any atom is 0.321 e. The van der Waals surface area contributed by atoms with Crippen LogP contribution in [-0.2, 0) is 13.6 Å². The van der Waals surface area contributed by atoms with Crippen molar-refractivity contribution in [3.63, 3.8) is 0 Å². The standard InChI is InChI=1S/C20H28FN7O2/c1-4-23-20(30)26-19-24-11-14(27(19)3)12-28-9-7-13(8-10-28)15-5-6-16(18(29)22-2)25-17(15)21/h5-6,11,13H,4,7-10,12H2,1-3H3,(H,22,29)(H2,23,24,26,30). The fourth-order valence-corrected chi connectivity index (χ4v) is 3.65. The van der Waals surface area contributed by atoms with Gasteiger partial charge in [0.1, 0.15) is 5.69 Å². The van der Waals surface area contributed by atoms with Crippen molar-refractivity contribution in [3.05, 3.63) is 41.2 Å². The highest BCUT2D eigenvalue weighted by molar-refractivity contribution is 5.92. The van der Waals surface area contributed by atoms with Gasteiger partial charge in [0.2, 0.25) is 11.9 Å². The smallest absolute Gasteiger partial charge is 0.321 e. The summed E-state index contributed by atoms with van der Waals surface area (Å²) in [5, 5.41) is 7.86. The van der Waals surface area contributed by atoms with Gasteiger partial charge >= 0.3 is 6.03 Å². The third-order valence-corrected chi connectivity index (χ3v) is 5.40. The molecule has 1 aliphatic heterocycles. The van der Waals surface area contributed by atoms with Crippen LogP contribution >= 0.6 is 0 Å². The van der Waals surface area contributed by atoms with Crippen LogP contribution in [0.5, 0.6) is 0 Å². The van der Waals surface area contributed by atoms with Crippen LogP contribution in [0, 0.1) is 5.95 Å². The van der Waals surface area contributed by atoms with Crippen LogP contribution in [0.15, 0.2) is 18.3 Å². The second-order valence-corrected chi connectivity index (χ2v) is 7.32. The minimum Gasteiger partial charge on any atom is -0.354 e. The SMILES string of the molecule is CCNC(=O)Nc1ncc(CN2CCC(c3ccc(C(=O)NC)nc3F)CC2)n1C. The van der Waals surface area contributed by atoms with Crippen LogP contribution in [0.2, 0.25) is 0 Å². The van der Waals surface area contributed by atoms with E-state index >= 15 is 0 Å². The predicted octanol–water partition coefficient (Wildman–Crippen LogP) is 1.83. The molecule has 3 rings (SSSR count). The molecule has 162 valence electrons. The van der Waals surface area contributed by atoms with Crippen LogP contribution in [0.25, 0.3) is 0 Å². The Bertz CT molecular complexity index is 907. The Morgan fingerprint density at radius 1 is 1.27 bits per heavy atom. The maximum atomic E-state index is 14.4.